The van der Waals surface area contributed by atoms with E-state index in [0.717, 1.165) is 32.2 Å². The maximum absolute atomic E-state index is 11.8. The van der Waals surface area contributed by atoms with Gasteiger partial charge in [0.2, 0.25) is 0 Å². The number of hydrogen-bond donors (Lipinski definition) is 1. The number of esters is 1. The molecule has 4 heteroatoms. The van der Waals surface area contributed by atoms with Crippen LogP contribution in [0.15, 0.2) is 24.3 Å². The predicted molar refractivity (Wildman–Crippen MR) is 97.0 cm³/mol. The minimum atomic E-state index is -0.0118. The van der Waals surface area contributed by atoms with Gasteiger partial charge in [0, 0.05) is 18.3 Å². The first-order chi connectivity index (χ1) is 11.7. The van der Waals surface area contributed by atoms with Crippen molar-refractivity contribution in [1.82, 2.24) is 4.90 Å². The van der Waals surface area contributed by atoms with E-state index < -0.39 is 0 Å². The van der Waals surface area contributed by atoms with E-state index in [-0.39, 0.29) is 11.9 Å². The number of anilines is 1. The molecule has 0 bridgehead atoms. The Morgan fingerprint density at radius 1 is 1.12 bits per heavy atom. The third-order valence-electron chi connectivity index (χ3n) is 5.28. The summed E-state index contributed by atoms with van der Waals surface area (Å²) in [5, 5.41) is 3.63. The van der Waals surface area contributed by atoms with Crippen LogP contribution in [0.4, 0.5) is 5.69 Å². The minimum Gasteiger partial charge on any atom is -0.466 e. The Balaban J connectivity index is 1.44. The van der Waals surface area contributed by atoms with E-state index in [1.54, 1.807) is 0 Å². The van der Waals surface area contributed by atoms with E-state index in [2.05, 4.69) is 34.5 Å². The lowest BCUT2D eigenvalue weighted by atomic mass is 9.86. The molecule has 3 rings (SSSR count). The van der Waals surface area contributed by atoms with Crippen molar-refractivity contribution < 1.29 is 9.53 Å². The van der Waals surface area contributed by atoms with Crippen molar-refractivity contribution >= 4 is 11.7 Å². The van der Waals surface area contributed by atoms with Crippen LogP contribution in [-0.2, 0) is 16.1 Å². The lowest BCUT2D eigenvalue weighted by Crippen LogP contribution is -2.30. The van der Waals surface area contributed by atoms with Crippen LogP contribution in [0.25, 0.3) is 0 Å². The van der Waals surface area contributed by atoms with E-state index in [1.807, 2.05) is 6.92 Å². The molecule has 0 amide bonds. The summed E-state index contributed by atoms with van der Waals surface area (Å²) >= 11 is 0. The Kier molecular flexibility index (Phi) is 6.13. The monoisotopic (exact) mass is 330 g/mol. The Hall–Kier alpha value is -1.55. The maximum Gasteiger partial charge on any atom is 0.308 e. The molecular weight excluding hydrogens is 300 g/mol. The summed E-state index contributed by atoms with van der Waals surface area (Å²) in [6.45, 7) is 5.91. The summed E-state index contributed by atoms with van der Waals surface area (Å²) in [4.78, 5) is 14.3. The van der Waals surface area contributed by atoms with Crippen LogP contribution < -0.4 is 5.32 Å². The minimum absolute atomic E-state index is 0.0118. The number of ether oxygens (including phenoxy) is 1. The molecule has 4 nitrogen and oxygen atoms in total. The van der Waals surface area contributed by atoms with Gasteiger partial charge >= 0.3 is 5.97 Å². The van der Waals surface area contributed by atoms with Crippen molar-refractivity contribution in [3.05, 3.63) is 29.8 Å². The van der Waals surface area contributed by atoms with Gasteiger partial charge in [-0.15, -0.1) is 0 Å². The van der Waals surface area contributed by atoms with E-state index in [9.17, 15) is 4.79 Å². The second kappa shape index (κ2) is 8.52. The summed E-state index contributed by atoms with van der Waals surface area (Å²) in [5.41, 5.74) is 2.59. The van der Waals surface area contributed by atoms with Gasteiger partial charge in [-0.1, -0.05) is 12.1 Å². The largest absolute Gasteiger partial charge is 0.466 e. The van der Waals surface area contributed by atoms with Gasteiger partial charge in [0.15, 0.2) is 0 Å². The van der Waals surface area contributed by atoms with Crippen LogP contribution in [0.5, 0.6) is 0 Å². The number of hydrogen-bond acceptors (Lipinski definition) is 4. The van der Waals surface area contributed by atoms with Gasteiger partial charge in [0.25, 0.3) is 0 Å². The summed E-state index contributed by atoms with van der Waals surface area (Å²) in [7, 11) is 0. The zero-order valence-corrected chi connectivity index (χ0v) is 14.8. The van der Waals surface area contributed by atoms with Crippen LogP contribution in [0.1, 0.15) is 51.0 Å². The average Bonchev–Trinajstić information content (AvgIpc) is 3.10. The molecule has 0 spiro atoms. The fourth-order valence-corrected chi connectivity index (χ4v) is 3.87. The number of carbonyl (C=O) groups is 1. The average molecular weight is 330 g/mol. The molecule has 132 valence electrons. The maximum atomic E-state index is 11.8. The highest BCUT2D eigenvalue weighted by atomic mass is 16.5. The second-order valence-corrected chi connectivity index (χ2v) is 7.13. The Labute approximate surface area is 145 Å². The van der Waals surface area contributed by atoms with Gasteiger partial charge in [-0.05, 0) is 76.2 Å². The number of carbonyl (C=O) groups excluding carboxylic acids is 1. The lowest BCUT2D eigenvalue weighted by molar-refractivity contribution is -0.149. The molecule has 24 heavy (non-hydrogen) atoms. The van der Waals surface area contributed by atoms with Crippen LogP contribution >= 0.6 is 0 Å². The molecule has 1 aromatic rings. The molecule has 1 saturated carbocycles. The van der Waals surface area contributed by atoms with Crippen molar-refractivity contribution in [2.75, 3.05) is 25.0 Å². The third-order valence-corrected chi connectivity index (χ3v) is 5.28. The zero-order valence-electron chi connectivity index (χ0n) is 14.8. The number of nitrogens with zero attached hydrogens (tertiary/aromatic N) is 1. The molecule has 2 aliphatic rings. The fraction of sp³-hybridized carbons (Fsp3) is 0.650. The van der Waals surface area contributed by atoms with Gasteiger partial charge in [-0.2, -0.15) is 0 Å². The first-order valence-electron chi connectivity index (χ1n) is 9.49. The molecule has 0 radical (unpaired) electrons. The van der Waals surface area contributed by atoms with E-state index in [4.69, 9.17) is 4.74 Å². The number of benzene rings is 1. The van der Waals surface area contributed by atoms with Crippen LogP contribution in [0.3, 0.4) is 0 Å². The second-order valence-electron chi connectivity index (χ2n) is 7.13. The van der Waals surface area contributed by atoms with Crippen LogP contribution in [-0.4, -0.2) is 36.6 Å². The van der Waals surface area contributed by atoms with Crippen molar-refractivity contribution in [1.29, 1.82) is 0 Å². The molecule has 1 heterocycles. The quantitative estimate of drug-likeness (QED) is 0.805. The normalized spacial score (nSPS) is 24.7. The standard InChI is InChI=1S/C20H30N2O2/c1-2-24-20(23)17-7-11-19(12-8-17)21-18-9-5-16(6-10-18)15-22-13-3-4-14-22/h5-6,9-10,17,19,21H,2-4,7-8,11-15H2,1H3/t17-,19+. The molecule has 0 atom stereocenters. The Morgan fingerprint density at radius 3 is 2.42 bits per heavy atom. The van der Waals surface area contributed by atoms with Gasteiger partial charge < -0.3 is 10.1 Å². The smallest absolute Gasteiger partial charge is 0.308 e. The lowest BCUT2D eigenvalue weighted by Gasteiger charge is -2.28. The van der Waals surface area contributed by atoms with E-state index in [0.29, 0.717) is 12.6 Å². The van der Waals surface area contributed by atoms with Crippen molar-refractivity contribution in [2.45, 2.75) is 58.0 Å². The Bertz CT molecular complexity index is 515. The molecule has 0 aromatic heterocycles. The summed E-state index contributed by atoms with van der Waals surface area (Å²) < 4.78 is 5.14. The molecule has 0 unspecified atom stereocenters. The third kappa shape index (κ3) is 4.73. The molecule has 1 aromatic carbocycles. The molecule has 1 aliphatic carbocycles. The first kappa shape index (κ1) is 17.3. The van der Waals surface area contributed by atoms with E-state index >= 15 is 0 Å². The van der Waals surface area contributed by atoms with Crippen LogP contribution in [0, 0.1) is 5.92 Å². The van der Waals surface area contributed by atoms with Gasteiger partial charge in [-0.3, -0.25) is 9.69 Å². The fourth-order valence-electron chi connectivity index (χ4n) is 3.87. The summed E-state index contributed by atoms with van der Waals surface area (Å²) in [6, 6.07) is 9.35. The van der Waals surface area contributed by atoms with Crippen molar-refractivity contribution in [2.24, 2.45) is 5.92 Å². The molecule has 2 fully saturated rings. The van der Waals surface area contributed by atoms with Crippen molar-refractivity contribution in [3.63, 3.8) is 0 Å². The van der Waals surface area contributed by atoms with Crippen molar-refractivity contribution in [3.8, 4) is 0 Å². The van der Waals surface area contributed by atoms with Crippen LogP contribution in [0.2, 0.25) is 0 Å². The molecular formula is C20H30N2O2. The number of rotatable bonds is 6. The SMILES string of the molecule is CCOC(=O)[C@H]1CC[C@@H](Nc2ccc(CN3CCCC3)cc2)CC1. The first-order valence-corrected chi connectivity index (χ1v) is 9.49. The van der Waals surface area contributed by atoms with Gasteiger partial charge in [0.1, 0.15) is 0 Å². The summed E-state index contributed by atoms with van der Waals surface area (Å²) in [5.74, 6) is 0.0908. The Morgan fingerprint density at radius 2 is 1.79 bits per heavy atom. The zero-order chi connectivity index (χ0) is 16.8. The van der Waals surface area contributed by atoms with Gasteiger partial charge in [-0.25, -0.2) is 0 Å². The predicted octanol–water partition coefficient (Wildman–Crippen LogP) is 3.82. The molecule has 1 aliphatic heterocycles. The highest BCUT2D eigenvalue weighted by molar-refractivity contribution is 5.72. The number of nitrogens with one attached hydrogen (secondary N) is 1. The topological polar surface area (TPSA) is 41.6 Å². The molecule has 1 saturated heterocycles. The van der Waals surface area contributed by atoms with Gasteiger partial charge in [0.05, 0.1) is 12.5 Å². The van der Waals surface area contributed by atoms with E-state index in [1.165, 1.54) is 37.2 Å². The highest BCUT2D eigenvalue weighted by Crippen LogP contribution is 2.27. The number of likely N-dealkylation sites (tertiary alicyclic amines) is 1. The highest BCUT2D eigenvalue weighted by Gasteiger charge is 2.27. The molecule has 1 N–H and O–H groups in total. The summed E-state index contributed by atoms with van der Waals surface area (Å²) in [6.07, 6.45) is 6.63.